The van der Waals surface area contributed by atoms with Gasteiger partial charge in [-0.05, 0) is 30.3 Å². The number of nitrogens with one attached hydrogen (secondary N) is 1. The fourth-order valence-electron chi connectivity index (χ4n) is 7.73. The lowest BCUT2D eigenvalue weighted by molar-refractivity contribution is 0.762. The lowest BCUT2D eigenvalue weighted by atomic mass is 10.0. The molecule has 6 heteroatoms. The van der Waals surface area contributed by atoms with Gasteiger partial charge in [0.25, 0.3) is 0 Å². The molecule has 11 rings (SSSR count). The van der Waals surface area contributed by atoms with Crippen LogP contribution in [-0.4, -0.2) is 16.2 Å². The van der Waals surface area contributed by atoms with Crippen molar-refractivity contribution in [1.29, 1.82) is 0 Å². The molecule has 0 fully saturated rings. The van der Waals surface area contributed by atoms with Crippen molar-refractivity contribution in [3.05, 3.63) is 174 Å². The average molecular weight is 689 g/mol. The Hall–Kier alpha value is -6.08. The summed E-state index contributed by atoms with van der Waals surface area (Å²) in [7, 11) is 0. The van der Waals surface area contributed by atoms with E-state index in [4.69, 9.17) is 9.98 Å². The molecule has 4 nitrogen and oxygen atoms in total. The van der Waals surface area contributed by atoms with Gasteiger partial charge in [0.15, 0.2) is 6.17 Å². The van der Waals surface area contributed by atoms with Crippen LogP contribution in [0.1, 0.15) is 22.9 Å². The molecule has 3 aromatic heterocycles. The fraction of sp³-hybridized carbons (Fsp3) is 0.0222. The number of hydrogen-bond donors (Lipinski definition) is 1. The van der Waals surface area contributed by atoms with E-state index in [1.807, 2.05) is 34.8 Å². The van der Waals surface area contributed by atoms with E-state index in [1.165, 1.54) is 62.2 Å². The smallest absolute Gasteiger partial charge is 0.171 e. The lowest BCUT2D eigenvalue weighted by Crippen LogP contribution is -2.36. The summed E-state index contributed by atoms with van der Waals surface area (Å²) in [4.78, 5) is 10.7. The third-order valence-corrected chi connectivity index (χ3v) is 12.5. The molecule has 0 spiro atoms. The van der Waals surface area contributed by atoms with E-state index in [9.17, 15) is 0 Å². The molecule has 0 saturated carbocycles. The Labute approximate surface area is 301 Å². The van der Waals surface area contributed by atoms with Gasteiger partial charge in [-0.3, -0.25) is 0 Å². The number of amidine groups is 2. The highest BCUT2D eigenvalue weighted by Gasteiger charge is 2.26. The van der Waals surface area contributed by atoms with Gasteiger partial charge in [0.1, 0.15) is 11.7 Å². The number of aliphatic imine (C=N–C) groups is 2. The van der Waals surface area contributed by atoms with Gasteiger partial charge in [0, 0.05) is 68.8 Å². The van der Waals surface area contributed by atoms with Crippen molar-refractivity contribution in [1.82, 2.24) is 9.88 Å². The number of rotatable bonds is 4. The average Bonchev–Trinajstić information content (AvgIpc) is 3.88. The minimum atomic E-state index is -0.454. The van der Waals surface area contributed by atoms with Gasteiger partial charge in [-0.1, -0.05) is 127 Å². The molecule has 1 N–H and O–H groups in total. The molecule has 0 radical (unpaired) electrons. The number of fused-ring (bicyclic) bond motifs is 10. The molecule has 0 bridgehead atoms. The first-order chi connectivity index (χ1) is 25.3. The molecule has 0 atom stereocenters. The molecule has 1 aliphatic heterocycles. The Morgan fingerprint density at radius 3 is 1.71 bits per heavy atom. The summed E-state index contributed by atoms with van der Waals surface area (Å²) in [5.74, 6) is 1.64. The number of thiophene rings is 2. The summed E-state index contributed by atoms with van der Waals surface area (Å²) in [6.07, 6.45) is -0.454. The Morgan fingerprint density at radius 1 is 0.471 bits per heavy atom. The SMILES string of the molecule is c1ccc(C2=NC(c3cc(-n4c5ccccc5c5ccc6c7ccccc7sc6c54)cc4c3sc3ccccc34)N=C(c3ccccc3)N2)cc1. The standard InChI is InChI=1S/C45H28N4S2/c1-3-13-27(14-4-1)43-46-44(28-15-5-2-6-16-28)48-45(47-43)36-26-29(25-35-32-19-9-12-22-39(32)50-41(35)36)49-37-20-10-7-17-30(37)33-23-24-34-31-18-8-11-21-38(31)51-42(34)40(33)49/h1-26,45H,(H,46,47,48). The van der Waals surface area contributed by atoms with Crippen LogP contribution in [0.5, 0.6) is 0 Å². The number of hydrogen-bond acceptors (Lipinski definition) is 5. The summed E-state index contributed by atoms with van der Waals surface area (Å²) < 4.78 is 7.57. The number of aromatic nitrogens is 1. The third kappa shape index (κ3) is 4.43. The Bertz CT molecular complexity index is 3000. The Morgan fingerprint density at radius 2 is 1.02 bits per heavy atom. The van der Waals surface area contributed by atoms with Crippen LogP contribution >= 0.6 is 22.7 Å². The van der Waals surface area contributed by atoms with Gasteiger partial charge >= 0.3 is 0 Å². The highest BCUT2D eigenvalue weighted by atomic mass is 32.1. The van der Waals surface area contributed by atoms with E-state index in [-0.39, 0.29) is 0 Å². The van der Waals surface area contributed by atoms with Gasteiger partial charge in [0.2, 0.25) is 0 Å². The molecule has 0 unspecified atom stereocenters. The first kappa shape index (κ1) is 28.7. The maximum Gasteiger partial charge on any atom is 0.171 e. The summed E-state index contributed by atoms with van der Waals surface area (Å²) in [6.45, 7) is 0. The van der Waals surface area contributed by atoms with Crippen LogP contribution in [0.4, 0.5) is 0 Å². The van der Waals surface area contributed by atoms with Crippen LogP contribution in [0.2, 0.25) is 0 Å². The van der Waals surface area contributed by atoms with E-state index in [2.05, 4.69) is 155 Å². The van der Waals surface area contributed by atoms with Gasteiger partial charge in [-0.25, -0.2) is 9.98 Å². The van der Waals surface area contributed by atoms with Gasteiger partial charge in [-0.2, -0.15) is 0 Å². The minimum absolute atomic E-state index is 0.454. The van der Waals surface area contributed by atoms with Crippen LogP contribution in [0.25, 0.3) is 67.8 Å². The molecule has 0 aliphatic carbocycles. The molecule has 10 aromatic rings. The zero-order valence-electron chi connectivity index (χ0n) is 27.2. The molecule has 0 amide bonds. The molecular formula is C45H28N4S2. The molecule has 240 valence electrons. The van der Waals surface area contributed by atoms with E-state index >= 15 is 0 Å². The van der Waals surface area contributed by atoms with E-state index in [0.717, 1.165) is 34.0 Å². The van der Waals surface area contributed by atoms with Crippen molar-refractivity contribution in [3.8, 4) is 5.69 Å². The van der Waals surface area contributed by atoms with Crippen molar-refractivity contribution in [2.45, 2.75) is 6.17 Å². The van der Waals surface area contributed by atoms with Crippen LogP contribution in [0, 0.1) is 0 Å². The zero-order chi connectivity index (χ0) is 33.5. The number of nitrogens with zero attached hydrogens (tertiary/aromatic N) is 3. The molecular weight excluding hydrogens is 661 g/mol. The quantitative estimate of drug-likeness (QED) is 0.196. The maximum atomic E-state index is 5.36. The van der Waals surface area contributed by atoms with Crippen molar-refractivity contribution < 1.29 is 0 Å². The predicted octanol–water partition coefficient (Wildman–Crippen LogP) is 12.0. The van der Waals surface area contributed by atoms with Crippen LogP contribution in [-0.2, 0) is 0 Å². The number of para-hydroxylation sites is 1. The lowest BCUT2D eigenvalue weighted by Gasteiger charge is -2.23. The topological polar surface area (TPSA) is 41.7 Å². The van der Waals surface area contributed by atoms with Crippen molar-refractivity contribution in [2.24, 2.45) is 9.98 Å². The second-order valence-electron chi connectivity index (χ2n) is 13.0. The second kappa shape index (κ2) is 11.2. The third-order valence-electron chi connectivity index (χ3n) is 10.0. The highest BCUT2D eigenvalue weighted by Crippen LogP contribution is 2.46. The van der Waals surface area contributed by atoms with Crippen molar-refractivity contribution in [2.75, 3.05) is 0 Å². The fourth-order valence-corrected chi connectivity index (χ4v) is 10.2. The zero-order valence-corrected chi connectivity index (χ0v) is 28.9. The van der Waals surface area contributed by atoms with Gasteiger partial charge in [0.05, 0.1) is 15.7 Å². The van der Waals surface area contributed by atoms with Crippen LogP contribution < -0.4 is 5.32 Å². The predicted molar refractivity (Wildman–Crippen MR) is 218 cm³/mol. The molecule has 1 aliphatic rings. The summed E-state index contributed by atoms with van der Waals surface area (Å²) in [6, 6.07) is 56.4. The van der Waals surface area contributed by atoms with Gasteiger partial charge < -0.3 is 9.88 Å². The largest absolute Gasteiger partial charge is 0.324 e. The molecule has 0 saturated heterocycles. The van der Waals surface area contributed by atoms with E-state index in [0.29, 0.717) is 0 Å². The second-order valence-corrected chi connectivity index (χ2v) is 15.1. The molecule has 7 aromatic carbocycles. The van der Waals surface area contributed by atoms with E-state index < -0.39 is 6.17 Å². The summed E-state index contributed by atoms with van der Waals surface area (Å²) in [5.41, 5.74) is 6.71. The Kier molecular flexibility index (Phi) is 6.32. The van der Waals surface area contributed by atoms with E-state index in [1.54, 1.807) is 0 Å². The van der Waals surface area contributed by atoms with Gasteiger partial charge in [-0.15, -0.1) is 22.7 Å². The highest BCUT2D eigenvalue weighted by molar-refractivity contribution is 7.27. The van der Waals surface area contributed by atoms with Crippen LogP contribution in [0.15, 0.2) is 168 Å². The number of benzene rings is 7. The Balaban J connectivity index is 1.25. The first-order valence-electron chi connectivity index (χ1n) is 17.1. The maximum absolute atomic E-state index is 5.36. The monoisotopic (exact) mass is 688 g/mol. The first-order valence-corrected chi connectivity index (χ1v) is 18.7. The summed E-state index contributed by atoms with van der Waals surface area (Å²) >= 11 is 3.71. The van der Waals surface area contributed by atoms with Crippen molar-refractivity contribution in [3.63, 3.8) is 0 Å². The minimum Gasteiger partial charge on any atom is -0.324 e. The molecule has 4 heterocycles. The van der Waals surface area contributed by atoms with Crippen LogP contribution in [0.3, 0.4) is 0 Å². The molecule has 51 heavy (non-hydrogen) atoms. The normalized spacial score (nSPS) is 13.8. The van der Waals surface area contributed by atoms with Crippen molar-refractivity contribution >= 4 is 96.5 Å². The summed E-state index contributed by atoms with van der Waals surface area (Å²) in [5, 5.41) is 11.2.